The summed E-state index contributed by atoms with van der Waals surface area (Å²) in [6.07, 6.45) is 5.13. The van der Waals surface area contributed by atoms with E-state index in [9.17, 15) is 4.79 Å². The maximum atomic E-state index is 13.5. The molecular weight excluding hydrogens is 352 g/mol. The van der Waals surface area contributed by atoms with Gasteiger partial charge in [-0.25, -0.2) is 0 Å². The van der Waals surface area contributed by atoms with Gasteiger partial charge in [-0.3, -0.25) is 9.78 Å². The van der Waals surface area contributed by atoms with E-state index < -0.39 is 0 Å². The molecule has 0 saturated carbocycles. The van der Waals surface area contributed by atoms with E-state index in [4.69, 9.17) is 9.47 Å². The molecule has 2 aromatic rings. The molecule has 0 aliphatic carbocycles. The molecule has 0 radical (unpaired) electrons. The number of carbonyl (C=O) groups is 1. The number of amides is 1. The number of fused-ring (bicyclic) bond motifs is 1. The topological polar surface area (TPSA) is 51.7 Å². The summed E-state index contributed by atoms with van der Waals surface area (Å²) in [5.41, 5.74) is 3.38. The van der Waals surface area contributed by atoms with Crippen molar-refractivity contribution in [3.63, 3.8) is 0 Å². The molecule has 5 nitrogen and oxygen atoms in total. The zero-order chi connectivity index (χ0) is 20.3. The van der Waals surface area contributed by atoms with Crippen LogP contribution >= 0.6 is 0 Å². The van der Waals surface area contributed by atoms with Gasteiger partial charge in [-0.1, -0.05) is 20.8 Å². The fraction of sp³-hybridized carbons (Fsp3) is 0.478. The number of rotatable bonds is 5. The number of aromatic nitrogens is 1. The quantitative estimate of drug-likeness (QED) is 0.787. The summed E-state index contributed by atoms with van der Waals surface area (Å²) in [5.74, 6) is 1.58. The van der Waals surface area contributed by atoms with Crippen LogP contribution in [-0.2, 0) is 24.2 Å². The van der Waals surface area contributed by atoms with E-state index in [1.807, 2.05) is 29.2 Å². The molecule has 1 amide bonds. The number of pyridine rings is 1. The summed E-state index contributed by atoms with van der Waals surface area (Å²) >= 11 is 0. The van der Waals surface area contributed by atoms with Crippen molar-refractivity contribution in [1.29, 1.82) is 0 Å². The first-order valence-electron chi connectivity index (χ1n) is 9.75. The number of hydrogen-bond acceptors (Lipinski definition) is 4. The summed E-state index contributed by atoms with van der Waals surface area (Å²) in [6, 6.07) is 8.03. The number of nitrogens with zero attached hydrogens (tertiary/aromatic N) is 2. The molecule has 0 N–H and O–H groups in total. The fourth-order valence-electron chi connectivity index (χ4n) is 3.81. The van der Waals surface area contributed by atoms with E-state index in [2.05, 4.69) is 25.8 Å². The van der Waals surface area contributed by atoms with E-state index in [1.54, 1.807) is 26.6 Å². The highest BCUT2D eigenvalue weighted by Gasteiger charge is 2.35. The minimum Gasteiger partial charge on any atom is -0.493 e. The second-order valence-electron chi connectivity index (χ2n) is 8.46. The smallest absolute Gasteiger partial charge is 0.226 e. The minimum absolute atomic E-state index is 0.0865. The lowest BCUT2D eigenvalue weighted by Crippen LogP contribution is -2.44. The Kier molecular flexibility index (Phi) is 5.92. The first kappa shape index (κ1) is 20.2. The lowest BCUT2D eigenvalue weighted by atomic mass is 9.76. The average Bonchev–Trinajstić information content (AvgIpc) is 2.69. The van der Waals surface area contributed by atoms with Crippen molar-refractivity contribution in [3.8, 4) is 11.5 Å². The second kappa shape index (κ2) is 8.21. The van der Waals surface area contributed by atoms with Gasteiger partial charge in [0, 0.05) is 31.4 Å². The van der Waals surface area contributed by atoms with Crippen molar-refractivity contribution < 1.29 is 14.3 Å². The lowest BCUT2D eigenvalue weighted by Gasteiger charge is -2.37. The summed E-state index contributed by atoms with van der Waals surface area (Å²) < 4.78 is 10.9. The fourth-order valence-corrected chi connectivity index (χ4v) is 3.81. The molecule has 28 heavy (non-hydrogen) atoms. The first-order chi connectivity index (χ1) is 13.3. The van der Waals surface area contributed by atoms with Crippen LogP contribution in [-0.4, -0.2) is 36.6 Å². The van der Waals surface area contributed by atoms with E-state index in [-0.39, 0.29) is 17.2 Å². The van der Waals surface area contributed by atoms with Gasteiger partial charge >= 0.3 is 0 Å². The van der Waals surface area contributed by atoms with Crippen LogP contribution in [0, 0.1) is 11.3 Å². The van der Waals surface area contributed by atoms with Gasteiger partial charge in [0.15, 0.2) is 11.5 Å². The molecule has 150 valence electrons. The SMILES string of the molecule is COc1cc2c(cc1OC)CN(C(=O)[C@@H](Cc1ccncc1)C(C)(C)C)CC2. The van der Waals surface area contributed by atoms with Gasteiger partial charge in [0.05, 0.1) is 14.2 Å². The predicted octanol–water partition coefficient (Wildman–Crippen LogP) is 3.89. The highest BCUT2D eigenvalue weighted by Crippen LogP contribution is 2.35. The molecule has 1 atom stereocenters. The van der Waals surface area contributed by atoms with Crippen molar-refractivity contribution in [2.45, 2.75) is 40.2 Å². The number of methoxy groups -OCH3 is 2. The van der Waals surface area contributed by atoms with E-state index in [0.29, 0.717) is 12.3 Å². The van der Waals surface area contributed by atoms with Crippen molar-refractivity contribution in [2.24, 2.45) is 11.3 Å². The van der Waals surface area contributed by atoms with Gasteiger partial charge in [-0.15, -0.1) is 0 Å². The van der Waals surface area contributed by atoms with E-state index in [0.717, 1.165) is 36.3 Å². The molecule has 0 spiro atoms. The molecule has 5 heteroatoms. The molecule has 2 heterocycles. The number of hydrogen-bond donors (Lipinski definition) is 0. The van der Waals surface area contributed by atoms with Crippen molar-refractivity contribution in [1.82, 2.24) is 9.88 Å². The maximum Gasteiger partial charge on any atom is 0.226 e. The third-order valence-electron chi connectivity index (χ3n) is 5.56. The Morgan fingerprint density at radius 1 is 1.11 bits per heavy atom. The molecule has 1 aliphatic rings. The molecular formula is C23H30N2O3. The minimum atomic E-state index is -0.127. The standard InChI is InChI=1S/C23H30N2O3/c1-23(2,3)19(12-16-6-9-24-10-7-16)22(26)25-11-8-17-13-20(27-4)21(28-5)14-18(17)15-25/h6-7,9-10,13-14,19H,8,11-12,15H2,1-5H3/t19-/m1/s1. The molecule has 1 aliphatic heterocycles. The van der Waals surface area contributed by atoms with Crippen LogP contribution in [0.2, 0.25) is 0 Å². The largest absolute Gasteiger partial charge is 0.493 e. The van der Waals surface area contributed by atoms with Crippen molar-refractivity contribution in [2.75, 3.05) is 20.8 Å². The Morgan fingerprint density at radius 2 is 1.71 bits per heavy atom. The highest BCUT2D eigenvalue weighted by atomic mass is 16.5. The normalized spacial score (nSPS) is 15.0. The van der Waals surface area contributed by atoms with Gasteiger partial charge in [-0.2, -0.15) is 0 Å². The number of ether oxygens (including phenoxy) is 2. The Hall–Kier alpha value is -2.56. The van der Waals surface area contributed by atoms with E-state index >= 15 is 0 Å². The Balaban J connectivity index is 1.83. The van der Waals surface area contributed by atoms with Gasteiger partial charge in [0.1, 0.15) is 0 Å². The molecule has 3 rings (SSSR count). The van der Waals surface area contributed by atoms with Crippen LogP contribution in [0.1, 0.15) is 37.5 Å². The Labute approximate surface area is 167 Å². The van der Waals surface area contributed by atoms with Crippen LogP contribution in [0.3, 0.4) is 0 Å². The highest BCUT2D eigenvalue weighted by molar-refractivity contribution is 5.80. The monoisotopic (exact) mass is 382 g/mol. The molecule has 1 aromatic carbocycles. The van der Waals surface area contributed by atoms with Crippen LogP contribution < -0.4 is 9.47 Å². The molecule has 0 fully saturated rings. The summed E-state index contributed by atoms with van der Waals surface area (Å²) in [7, 11) is 3.29. The molecule has 0 unspecified atom stereocenters. The van der Waals surface area contributed by atoms with Crippen LogP contribution in [0.5, 0.6) is 11.5 Å². The number of benzene rings is 1. The zero-order valence-corrected chi connectivity index (χ0v) is 17.5. The van der Waals surface area contributed by atoms with Crippen LogP contribution in [0.15, 0.2) is 36.7 Å². The Morgan fingerprint density at radius 3 is 2.29 bits per heavy atom. The maximum absolute atomic E-state index is 13.5. The second-order valence-corrected chi connectivity index (χ2v) is 8.46. The van der Waals surface area contributed by atoms with Gasteiger partial charge in [0.2, 0.25) is 5.91 Å². The third-order valence-corrected chi connectivity index (χ3v) is 5.56. The Bertz CT molecular complexity index is 828. The first-order valence-corrected chi connectivity index (χ1v) is 9.75. The third kappa shape index (κ3) is 4.29. The van der Waals surface area contributed by atoms with Gasteiger partial charge < -0.3 is 14.4 Å². The summed E-state index contributed by atoms with van der Waals surface area (Å²) in [6.45, 7) is 7.76. The van der Waals surface area contributed by atoms with Crippen LogP contribution in [0.4, 0.5) is 0 Å². The van der Waals surface area contributed by atoms with Crippen molar-refractivity contribution in [3.05, 3.63) is 53.3 Å². The lowest BCUT2D eigenvalue weighted by molar-refractivity contribution is -0.140. The molecule has 1 aromatic heterocycles. The number of carbonyl (C=O) groups excluding carboxylic acids is 1. The molecule has 0 saturated heterocycles. The summed E-state index contributed by atoms with van der Waals surface area (Å²) in [5, 5.41) is 0. The average molecular weight is 383 g/mol. The summed E-state index contributed by atoms with van der Waals surface area (Å²) in [4.78, 5) is 19.6. The van der Waals surface area contributed by atoms with Crippen molar-refractivity contribution >= 4 is 5.91 Å². The van der Waals surface area contributed by atoms with Crippen LogP contribution in [0.25, 0.3) is 0 Å². The van der Waals surface area contributed by atoms with Gasteiger partial charge in [0.25, 0.3) is 0 Å². The molecule has 0 bridgehead atoms. The van der Waals surface area contributed by atoms with Gasteiger partial charge in [-0.05, 0) is 59.2 Å². The zero-order valence-electron chi connectivity index (χ0n) is 17.5. The predicted molar refractivity (Wildman–Crippen MR) is 110 cm³/mol. The van der Waals surface area contributed by atoms with E-state index in [1.165, 1.54) is 5.56 Å².